The van der Waals surface area contributed by atoms with Crippen molar-refractivity contribution in [2.75, 3.05) is 18.6 Å². The fourth-order valence-corrected chi connectivity index (χ4v) is 5.76. The summed E-state index contributed by atoms with van der Waals surface area (Å²) in [6, 6.07) is 11.9. The van der Waals surface area contributed by atoms with Crippen molar-refractivity contribution in [2.24, 2.45) is 0 Å². The van der Waals surface area contributed by atoms with E-state index in [1.54, 1.807) is 12.1 Å². The van der Waals surface area contributed by atoms with Crippen molar-refractivity contribution in [2.45, 2.75) is 4.58 Å². The minimum Gasteiger partial charge on any atom is -0.423 e. The van der Waals surface area contributed by atoms with Crippen LogP contribution in [0, 0.1) is 0 Å². The zero-order valence-corrected chi connectivity index (χ0v) is 15.6. The summed E-state index contributed by atoms with van der Waals surface area (Å²) in [5.74, 6) is 1.44. The molecule has 0 radical (unpaired) electrons. The molecule has 26 heavy (non-hydrogen) atoms. The van der Waals surface area contributed by atoms with Gasteiger partial charge in [-0.3, -0.25) is 14.5 Å². The van der Waals surface area contributed by atoms with Crippen LogP contribution in [0.3, 0.4) is 0 Å². The lowest BCUT2D eigenvalue weighted by atomic mass is 10.1. The molecule has 0 N–H and O–H groups in total. The number of imide groups is 1. The third-order valence-electron chi connectivity index (χ3n) is 4.31. The second kappa shape index (κ2) is 6.81. The molecular weight excluding hydrogens is 370 g/mol. The first-order valence-corrected chi connectivity index (χ1v) is 10.2. The Kier molecular flexibility index (Phi) is 4.50. The molecule has 2 aromatic carbocycles. The first-order chi connectivity index (χ1) is 12.5. The summed E-state index contributed by atoms with van der Waals surface area (Å²) in [5.41, 5.74) is 2.00. The number of nitrogens with zero attached hydrogens (tertiary/aromatic N) is 1. The van der Waals surface area contributed by atoms with Crippen LogP contribution in [0.25, 0.3) is 0 Å². The second-order valence-electron chi connectivity index (χ2n) is 5.96. The van der Waals surface area contributed by atoms with Crippen LogP contribution in [0.1, 0.15) is 41.2 Å². The van der Waals surface area contributed by atoms with Gasteiger partial charge in [-0.1, -0.05) is 12.1 Å². The maximum atomic E-state index is 12.4. The molecule has 2 aliphatic heterocycles. The largest absolute Gasteiger partial charge is 0.423 e. The molecule has 0 saturated carbocycles. The van der Waals surface area contributed by atoms with E-state index >= 15 is 0 Å². The average Bonchev–Trinajstić information content (AvgIpc) is 3.27. The van der Waals surface area contributed by atoms with E-state index in [-0.39, 0.29) is 17.0 Å². The van der Waals surface area contributed by atoms with Crippen molar-refractivity contribution in [1.29, 1.82) is 0 Å². The van der Waals surface area contributed by atoms with Crippen LogP contribution >= 0.6 is 23.5 Å². The number of hydrogen-bond donors (Lipinski definition) is 0. The van der Waals surface area contributed by atoms with E-state index in [0.717, 1.165) is 16.4 Å². The van der Waals surface area contributed by atoms with Crippen LogP contribution in [-0.2, 0) is 0 Å². The third kappa shape index (κ3) is 3.01. The zero-order chi connectivity index (χ0) is 18.3. The zero-order valence-electron chi connectivity index (χ0n) is 13.9. The molecule has 2 heterocycles. The SMILES string of the molecule is CN1C(=O)c2ccc(C(=O)Oc3ccc(C4SCCS4)cc3)cc2C1=O. The van der Waals surface area contributed by atoms with Gasteiger partial charge in [-0.2, -0.15) is 0 Å². The highest BCUT2D eigenvalue weighted by molar-refractivity contribution is 8.19. The number of esters is 1. The van der Waals surface area contributed by atoms with E-state index in [2.05, 4.69) is 0 Å². The molecule has 0 aromatic heterocycles. The topological polar surface area (TPSA) is 63.7 Å². The summed E-state index contributed by atoms with van der Waals surface area (Å²) >= 11 is 3.83. The molecule has 0 spiro atoms. The Balaban J connectivity index is 1.50. The van der Waals surface area contributed by atoms with Crippen LogP contribution in [0.5, 0.6) is 5.75 Å². The summed E-state index contributed by atoms with van der Waals surface area (Å²) in [7, 11) is 1.42. The first-order valence-electron chi connectivity index (χ1n) is 8.06. The summed E-state index contributed by atoms with van der Waals surface area (Å²) in [4.78, 5) is 37.4. The van der Waals surface area contributed by atoms with Crippen LogP contribution < -0.4 is 4.74 Å². The first kappa shape index (κ1) is 17.2. The highest BCUT2D eigenvalue weighted by atomic mass is 32.2. The molecule has 1 fully saturated rings. The van der Waals surface area contributed by atoms with Gasteiger partial charge in [0.2, 0.25) is 0 Å². The van der Waals surface area contributed by atoms with Gasteiger partial charge < -0.3 is 4.74 Å². The Hall–Kier alpha value is -2.25. The smallest absolute Gasteiger partial charge is 0.343 e. The van der Waals surface area contributed by atoms with Gasteiger partial charge in [0.15, 0.2) is 0 Å². The van der Waals surface area contributed by atoms with E-state index in [0.29, 0.717) is 15.9 Å². The van der Waals surface area contributed by atoms with Gasteiger partial charge in [0.1, 0.15) is 5.75 Å². The summed E-state index contributed by atoms with van der Waals surface area (Å²) in [6.07, 6.45) is 0. The molecule has 5 nitrogen and oxygen atoms in total. The number of carbonyl (C=O) groups excluding carboxylic acids is 3. The van der Waals surface area contributed by atoms with Crippen molar-refractivity contribution in [3.8, 4) is 5.75 Å². The summed E-state index contributed by atoms with van der Waals surface area (Å²) < 4.78 is 5.85. The lowest BCUT2D eigenvalue weighted by Crippen LogP contribution is -2.24. The highest BCUT2D eigenvalue weighted by Crippen LogP contribution is 2.45. The van der Waals surface area contributed by atoms with Crippen molar-refractivity contribution in [1.82, 2.24) is 4.90 Å². The standard InChI is InChI=1S/C19H15NO4S2/c1-20-16(21)14-7-4-12(10-15(14)17(20)22)18(23)24-13-5-2-11(3-6-13)19-25-8-9-26-19/h2-7,10,19H,8-9H2,1H3. The molecule has 2 aliphatic rings. The normalized spacial score (nSPS) is 16.9. The quantitative estimate of drug-likeness (QED) is 0.457. The van der Waals surface area contributed by atoms with E-state index in [9.17, 15) is 14.4 Å². The monoisotopic (exact) mass is 385 g/mol. The molecule has 0 bridgehead atoms. The van der Waals surface area contributed by atoms with Gasteiger partial charge in [-0.05, 0) is 35.9 Å². The molecule has 0 aliphatic carbocycles. The molecule has 4 rings (SSSR count). The van der Waals surface area contributed by atoms with Crippen molar-refractivity contribution in [3.05, 3.63) is 64.7 Å². The highest BCUT2D eigenvalue weighted by Gasteiger charge is 2.33. The maximum absolute atomic E-state index is 12.4. The molecule has 2 aromatic rings. The van der Waals surface area contributed by atoms with Gasteiger partial charge >= 0.3 is 5.97 Å². The van der Waals surface area contributed by atoms with E-state index in [1.807, 2.05) is 35.7 Å². The summed E-state index contributed by atoms with van der Waals surface area (Å²) in [5, 5.41) is 0. The number of ether oxygens (including phenoxy) is 1. The lowest BCUT2D eigenvalue weighted by molar-refractivity contribution is 0.0691. The fourth-order valence-electron chi connectivity index (χ4n) is 2.90. The number of amides is 2. The molecule has 1 saturated heterocycles. The number of thioether (sulfide) groups is 2. The van der Waals surface area contributed by atoms with Crippen LogP contribution in [0.2, 0.25) is 0 Å². The number of benzene rings is 2. The minimum absolute atomic E-state index is 0.234. The Labute approximate surface area is 159 Å². The number of fused-ring (bicyclic) bond motifs is 1. The average molecular weight is 385 g/mol. The van der Waals surface area contributed by atoms with E-state index in [1.165, 1.54) is 30.8 Å². The number of rotatable bonds is 3. The molecule has 2 amide bonds. The van der Waals surface area contributed by atoms with Gasteiger partial charge in [0.05, 0.1) is 21.3 Å². The maximum Gasteiger partial charge on any atom is 0.343 e. The van der Waals surface area contributed by atoms with Crippen molar-refractivity contribution >= 4 is 41.3 Å². The van der Waals surface area contributed by atoms with Crippen LogP contribution in [0.15, 0.2) is 42.5 Å². The van der Waals surface area contributed by atoms with Gasteiger partial charge in [-0.25, -0.2) is 4.79 Å². The van der Waals surface area contributed by atoms with Gasteiger partial charge in [0.25, 0.3) is 11.8 Å². The van der Waals surface area contributed by atoms with Crippen molar-refractivity contribution < 1.29 is 19.1 Å². The van der Waals surface area contributed by atoms with Crippen LogP contribution in [-0.4, -0.2) is 41.2 Å². The molecular formula is C19H15NO4S2. The van der Waals surface area contributed by atoms with E-state index < -0.39 is 11.9 Å². The summed E-state index contributed by atoms with van der Waals surface area (Å²) in [6.45, 7) is 0. The Morgan fingerprint density at radius 3 is 2.35 bits per heavy atom. The van der Waals surface area contributed by atoms with Crippen LogP contribution in [0.4, 0.5) is 0 Å². The predicted molar refractivity (Wildman–Crippen MR) is 102 cm³/mol. The molecule has 0 atom stereocenters. The predicted octanol–water partition coefficient (Wildman–Crippen LogP) is 3.61. The number of carbonyl (C=O) groups is 3. The Morgan fingerprint density at radius 1 is 1.00 bits per heavy atom. The van der Waals surface area contributed by atoms with E-state index in [4.69, 9.17) is 4.74 Å². The molecule has 132 valence electrons. The molecule has 7 heteroatoms. The van der Waals surface area contributed by atoms with Crippen molar-refractivity contribution in [3.63, 3.8) is 0 Å². The van der Waals surface area contributed by atoms with Gasteiger partial charge in [-0.15, -0.1) is 23.5 Å². The van der Waals surface area contributed by atoms with Gasteiger partial charge in [0, 0.05) is 18.6 Å². The molecule has 0 unspecified atom stereocenters. The fraction of sp³-hybridized carbons (Fsp3) is 0.211. The Morgan fingerprint density at radius 2 is 1.65 bits per heavy atom. The minimum atomic E-state index is -0.556. The third-order valence-corrected chi connectivity index (χ3v) is 7.41. The second-order valence-corrected chi connectivity index (χ2v) is 8.69. The Bertz CT molecular complexity index is 904. The lowest BCUT2D eigenvalue weighted by Gasteiger charge is -2.09. The number of hydrogen-bond acceptors (Lipinski definition) is 6.